The van der Waals surface area contributed by atoms with Crippen LogP contribution in [0.3, 0.4) is 0 Å². The molecule has 9 aromatic rings. The Bertz CT molecular complexity index is 3250. The molecule has 2 heteroatoms. The topological polar surface area (TPSA) is 6.48 Å². The molecular weight excluding hydrogens is 773 g/mol. The molecule has 0 fully saturated rings. The molecule has 3 aliphatic carbocycles. The van der Waals surface area contributed by atoms with Gasteiger partial charge in [-0.1, -0.05) is 147 Å². The molecule has 0 radical (unpaired) electrons. The van der Waals surface area contributed by atoms with Crippen LogP contribution >= 0.6 is 0 Å². The van der Waals surface area contributed by atoms with Crippen LogP contribution in [-0.2, 0) is 31.1 Å². The zero-order valence-corrected chi connectivity index (χ0v) is 36.8. The molecule has 0 atom stereocenters. The Labute approximate surface area is 377 Å². The van der Waals surface area contributed by atoms with Crippen molar-refractivity contribution in [3.8, 4) is 44.5 Å². The summed E-state index contributed by atoms with van der Waals surface area (Å²) >= 11 is 0. The molecule has 0 spiro atoms. The van der Waals surface area contributed by atoms with Crippen molar-refractivity contribution in [1.29, 1.82) is 0 Å². The number of hydrogen-bond donors (Lipinski definition) is 0. The average Bonchev–Trinajstić information content (AvgIpc) is 3.53. The second-order valence-corrected chi connectivity index (χ2v) is 18.6. The van der Waals surface area contributed by atoms with E-state index >= 15 is 0 Å². The lowest BCUT2D eigenvalue weighted by molar-refractivity contribution is 0.660. The highest BCUT2D eigenvalue weighted by atomic mass is 15.1. The number of benzene rings is 9. The van der Waals surface area contributed by atoms with Gasteiger partial charge in [0.05, 0.1) is 0 Å². The van der Waals surface area contributed by atoms with Crippen LogP contribution < -0.4 is 9.80 Å². The van der Waals surface area contributed by atoms with Crippen LogP contribution in [0.1, 0.15) is 52.8 Å². The Morgan fingerprint density at radius 1 is 0.312 bits per heavy atom. The fourth-order valence-corrected chi connectivity index (χ4v) is 10.5. The molecule has 308 valence electrons. The van der Waals surface area contributed by atoms with Gasteiger partial charge in [-0.25, -0.2) is 0 Å². The highest BCUT2D eigenvalue weighted by Gasteiger charge is 2.36. The van der Waals surface area contributed by atoms with Gasteiger partial charge in [0.25, 0.3) is 0 Å². The number of nitrogens with zero attached hydrogens (tertiary/aromatic N) is 2. The summed E-state index contributed by atoms with van der Waals surface area (Å²) < 4.78 is 0. The van der Waals surface area contributed by atoms with Gasteiger partial charge in [-0.05, 0) is 183 Å². The van der Waals surface area contributed by atoms with Gasteiger partial charge < -0.3 is 9.80 Å². The van der Waals surface area contributed by atoms with Crippen LogP contribution in [0, 0.1) is 6.92 Å². The fourth-order valence-electron chi connectivity index (χ4n) is 10.5. The van der Waals surface area contributed by atoms with E-state index in [4.69, 9.17) is 0 Å². The summed E-state index contributed by atoms with van der Waals surface area (Å²) in [5.41, 5.74) is 26.8. The number of para-hydroxylation sites is 1. The predicted molar refractivity (Wildman–Crippen MR) is 269 cm³/mol. The first kappa shape index (κ1) is 38.3. The summed E-state index contributed by atoms with van der Waals surface area (Å²) in [6, 6.07) is 74.9. The molecule has 0 amide bonds. The minimum atomic E-state index is -0.108. The van der Waals surface area contributed by atoms with Crippen LogP contribution in [0.5, 0.6) is 0 Å². The highest BCUT2D eigenvalue weighted by Crippen LogP contribution is 2.51. The smallest absolute Gasteiger partial charge is 0.0467 e. The Hall–Kier alpha value is -7.42. The second-order valence-electron chi connectivity index (χ2n) is 18.6. The Morgan fingerprint density at radius 2 is 0.719 bits per heavy atom. The van der Waals surface area contributed by atoms with Crippen LogP contribution in [0.2, 0.25) is 0 Å². The van der Waals surface area contributed by atoms with E-state index < -0.39 is 0 Å². The SMILES string of the molecule is Cc1ccc2c(c1)C(C)(C)c1cc(N(c3ccc(-c4ccc(N(c5ccccc5)c5cccc(-c6ccc7c(c6)CC7)c5)cc4)cc3)c3cccc(-c4ccc5c(c4)CC5)c3)ccc1-2. The van der Waals surface area contributed by atoms with E-state index in [-0.39, 0.29) is 5.41 Å². The van der Waals surface area contributed by atoms with E-state index in [1.807, 2.05) is 0 Å². The van der Waals surface area contributed by atoms with Gasteiger partial charge in [-0.2, -0.15) is 0 Å². The fraction of sp³-hybridized carbons (Fsp3) is 0.129. The quantitative estimate of drug-likeness (QED) is 0.143. The molecule has 0 aromatic heterocycles. The van der Waals surface area contributed by atoms with E-state index in [1.165, 1.54) is 109 Å². The lowest BCUT2D eigenvalue weighted by Crippen LogP contribution is -2.16. The maximum absolute atomic E-state index is 2.44. The number of rotatable bonds is 9. The normalized spacial score (nSPS) is 13.7. The van der Waals surface area contributed by atoms with Crippen molar-refractivity contribution in [3.63, 3.8) is 0 Å². The summed E-state index contributed by atoms with van der Waals surface area (Å²) in [6.07, 6.45) is 4.74. The van der Waals surface area contributed by atoms with Gasteiger partial charge in [0.15, 0.2) is 0 Å². The number of anilines is 6. The zero-order valence-electron chi connectivity index (χ0n) is 36.8. The monoisotopic (exact) mass is 822 g/mol. The summed E-state index contributed by atoms with van der Waals surface area (Å²) in [5, 5.41) is 0. The highest BCUT2D eigenvalue weighted by molar-refractivity contribution is 5.88. The van der Waals surface area contributed by atoms with Crippen LogP contribution in [0.25, 0.3) is 44.5 Å². The molecule has 0 saturated carbocycles. The van der Waals surface area contributed by atoms with Gasteiger partial charge in [0, 0.05) is 39.5 Å². The Morgan fingerprint density at radius 3 is 1.23 bits per heavy atom. The third-order valence-corrected chi connectivity index (χ3v) is 14.3. The maximum atomic E-state index is 2.44. The van der Waals surface area contributed by atoms with Gasteiger partial charge in [-0.15, -0.1) is 0 Å². The molecule has 9 aromatic carbocycles. The molecule has 0 unspecified atom stereocenters. The number of fused-ring (bicyclic) bond motifs is 5. The van der Waals surface area contributed by atoms with Gasteiger partial charge >= 0.3 is 0 Å². The van der Waals surface area contributed by atoms with Crippen LogP contribution in [0.4, 0.5) is 34.1 Å². The molecule has 3 aliphatic rings. The van der Waals surface area contributed by atoms with E-state index in [1.54, 1.807) is 0 Å². The average molecular weight is 823 g/mol. The van der Waals surface area contributed by atoms with Gasteiger partial charge in [0.2, 0.25) is 0 Å². The van der Waals surface area contributed by atoms with E-state index in [2.05, 4.69) is 231 Å². The van der Waals surface area contributed by atoms with Crippen molar-refractivity contribution in [2.24, 2.45) is 0 Å². The second kappa shape index (κ2) is 15.1. The minimum absolute atomic E-state index is 0.108. The lowest BCUT2D eigenvalue weighted by Gasteiger charge is -2.29. The van der Waals surface area contributed by atoms with E-state index in [0.717, 1.165) is 34.1 Å². The van der Waals surface area contributed by atoms with Crippen molar-refractivity contribution in [2.75, 3.05) is 9.80 Å². The summed E-state index contributed by atoms with van der Waals surface area (Å²) in [4.78, 5) is 4.80. The van der Waals surface area contributed by atoms with Crippen molar-refractivity contribution in [2.45, 2.75) is 51.9 Å². The molecule has 0 heterocycles. The van der Waals surface area contributed by atoms with Crippen LogP contribution in [0.15, 0.2) is 200 Å². The summed E-state index contributed by atoms with van der Waals surface area (Å²) in [5.74, 6) is 0. The van der Waals surface area contributed by atoms with Crippen molar-refractivity contribution < 1.29 is 0 Å². The first-order chi connectivity index (χ1) is 31.3. The molecule has 12 rings (SSSR count). The molecule has 2 nitrogen and oxygen atoms in total. The zero-order chi connectivity index (χ0) is 42.9. The summed E-state index contributed by atoms with van der Waals surface area (Å²) in [6.45, 7) is 6.95. The standard InChI is InChI=1S/C62H50N2/c1-41-15-33-58-59-34-32-57(40-61(59)62(2,3)60(58)35-41)64(56-14-8-10-47(39-56)51-23-19-45-17-21-49(45)37-51)54-30-26-43(27-31-54)42-24-28-53(29-25-42)63(52-11-5-4-6-12-52)55-13-7-9-46(38-55)50-22-18-44-16-20-48(44)36-50/h4-15,18-19,22-40H,16-17,20-21H2,1-3H3. The molecular formula is C62H50N2. The predicted octanol–water partition coefficient (Wildman–Crippen LogP) is 16.4. The Kier molecular flexibility index (Phi) is 9.05. The third-order valence-electron chi connectivity index (χ3n) is 14.3. The van der Waals surface area contributed by atoms with Crippen molar-refractivity contribution in [3.05, 3.63) is 239 Å². The van der Waals surface area contributed by atoms with E-state index in [0.29, 0.717) is 0 Å². The molecule has 0 aliphatic heterocycles. The largest absolute Gasteiger partial charge is 0.310 e. The first-order valence-electron chi connectivity index (χ1n) is 22.9. The molecule has 0 saturated heterocycles. The molecule has 0 N–H and O–H groups in total. The Balaban J connectivity index is 0.896. The molecule has 64 heavy (non-hydrogen) atoms. The van der Waals surface area contributed by atoms with Gasteiger partial charge in [-0.3, -0.25) is 0 Å². The minimum Gasteiger partial charge on any atom is -0.310 e. The number of aryl methyl sites for hydroxylation is 5. The maximum Gasteiger partial charge on any atom is 0.0467 e. The van der Waals surface area contributed by atoms with Crippen molar-refractivity contribution in [1.82, 2.24) is 0 Å². The lowest BCUT2D eigenvalue weighted by atomic mass is 9.82. The van der Waals surface area contributed by atoms with Crippen molar-refractivity contribution >= 4 is 34.1 Å². The van der Waals surface area contributed by atoms with E-state index in [9.17, 15) is 0 Å². The summed E-state index contributed by atoms with van der Waals surface area (Å²) in [7, 11) is 0. The first-order valence-corrected chi connectivity index (χ1v) is 22.9. The van der Waals surface area contributed by atoms with Crippen LogP contribution in [-0.4, -0.2) is 0 Å². The molecule has 0 bridgehead atoms. The third kappa shape index (κ3) is 6.56. The number of hydrogen-bond acceptors (Lipinski definition) is 2. The van der Waals surface area contributed by atoms with Gasteiger partial charge in [0.1, 0.15) is 0 Å².